The van der Waals surface area contributed by atoms with Crippen LogP contribution >= 0.6 is 0 Å². The monoisotopic (exact) mass is 275 g/mol. The number of halogens is 2. The van der Waals surface area contributed by atoms with Gasteiger partial charge in [-0.05, 0) is 48.8 Å². The van der Waals surface area contributed by atoms with Crippen molar-refractivity contribution in [3.05, 3.63) is 35.5 Å². The Hall–Kier alpha value is -1.91. The zero-order valence-electron chi connectivity index (χ0n) is 10.9. The molecule has 0 amide bonds. The van der Waals surface area contributed by atoms with Gasteiger partial charge in [0.1, 0.15) is 11.6 Å². The maximum atomic E-state index is 13.4. The number of rotatable bonds is 2. The minimum atomic E-state index is -0.596. The summed E-state index contributed by atoms with van der Waals surface area (Å²) >= 11 is 0. The Morgan fingerprint density at radius 2 is 1.70 bits per heavy atom. The van der Waals surface area contributed by atoms with Crippen molar-refractivity contribution < 1.29 is 8.78 Å². The van der Waals surface area contributed by atoms with Crippen LogP contribution in [0, 0.1) is 23.5 Å². The summed E-state index contributed by atoms with van der Waals surface area (Å²) in [6.45, 7) is 0. The lowest BCUT2D eigenvalue weighted by Crippen LogP contribution is -1.99. The number of fused-ring (bicyclic) bond motifs is 1. The third kappa shape index (κ3) is 1.80. The Kier molecular flexibility index (Phi) is 2.40. The smallest absolute Gasteiger partial charge is 0.153 e. The van der Waals surface area contributed by atoms with Gasteiger partial charge in [0, 0.05) is 23.2 Å². The second-order valence-corrected chi connectivity index (χ2v) is 5.98. The molecule has 1 aromatic heterocycles. The Balaban J connectivity index is 1.78. The van der Waals surface area contributed by atoms with Crippen LogP contribution in [0.5, 0.6) is 0 Å². The summed E-state index contributed by atoms with van der Waals surface area (Å²) in [4.78, 5) is 0. The van der Waals surface area contributed by atoms with Crippen molar-refractivity contribution in [2.45, 2.75) is 25.2 Å². The van der Waals surface area contributed by atoms with Crippen LogP contribution < -0.4 is 5.73 Å². The summed E-state index contributed by atoms with van der Waals surface area (Å²) in [6.07, 6.45) is 3.57. The van der Waals surface area contributed by atoms with Crippen molar-refractivity contribution in [1.82, 2.24) is 10.2 Å². The quantitative estimate of drug-likeness (QED) is 0.882. The highest BCUT2D eigenvalue weighted by atomic mass is 19.1. The lowest BCUT2D eigenvalue weighted by atomic mass is 9.93. The molecule has 2 aliphatic rings. The molecule has 20 heavy (non-hydrogen) atoms. The van der Waals surface area contributed by atoms with E-state index in [-0.39, 0.29) is 0 Å². The number of benzene rings is 1. The number of nitrogens with one attached hydrogen (secondary N) is 1. The van der Waals surface area contributed by atoms with E-state index >= 15 is 0 Å². The van der Waals surface area contributed by atoms with Gasteiger partial charge in [0.25, 0.3) is 0 Å². The van der Waals surface area contributed by atoms with E-state index in [1.165, 1.54) is 18.6 Å². The Morgan fingerprint density at radius 3 is 2.35 bits per heavy atom. The molecule has 3 nitrogen and oxygen atoms in total. The van der Waals surface area contributed by atoms with E-state index < -0.39 is 11.6 Å². The molecule has 1 aromatic carbocycles. The summed E-state index contributed by atoms with van der Waals surface area (Å²) in [7, 11) is 0. The highest BCUT2D eigenvalue weighted by Gasteiger charge is 2.47. The van der Waals surface area contributed by atoms with Gasteiger partial charge < -0.3 is 5.73 Å². The van der Waals surface area contributed by atoms with Crippen molar-refractivity contribution in [1.29, 1.82) is 0 Å². The van der Waals surface area contributed by atoms with Crippen LogP contribution in [0.25, 0.3) is 11.1 Å². The van der Waals surface area contributed by atoms with Gasteiger partial charge in [-0.2, -0.15) is 5.10 Å². The van der Waals surface area contributed by atoms with Crippen molar-refractivity contribution >= 4 is 5.82 Å². The molecule has 0 saturated heterocycles. The second-order valence-electron chi connectivity index (χ2n) is 5.98. The third-order valence-corrected chi connectivity index (χ3v) is 4.63. The first-order valence-electron chi connectivity index (χ1n) is 6.92. The molecule has 0 spiro atoms. The Bertz CT molecular complexity index is 650. The molecule has 3 N–H and O–H groups in total. The van der Waals surface area contributed by atoms with Crippen molar-refractivity contribution in [2.75, 3.05) is 5.73 Å². The molecule has 2 aliphatic carbocycles. The fourth-order valence-electron chi connectivity index (χ4n) is 3.62. The summed E-state index contributed by atoms with van der Waals surface area (Å²) < 4.78 is 26.8. The van der Waals surface area contributed by atoms with E-state index in [0.717, 1.165) is 36.4 Å². The lowest BCUT2D eigenvalue weighted by Gasteiger charge is -2.12. The Morgan fingerprint density at radius 1 is 1.05 bits per heavy atom. The number of aromatic nitrogens is 2. The van der Waals surface area contributed by atoms with Crippen LogP contribution in [-0.2, 0) is 0 Å². The average Bonchev–Trinajstić information content (AvgIpc) is 2.82. The fourth-order valence-corrected chi connectivity index (χ4v) is 3.62. The molecule has 104 valence electrons. The first-order valence-corrected chi connectivity index (χ1v) is 6.92. The van der Waals surface area contributed by atoms with Gasteiger partial charge in [0.2, 0.25) is 0 Å². The van der Waals surface area contributed by atoms with E-state index in [2.05, 4.69) is 10.2 Å². The number of hydrogen-bond donors (Lipinski definition) is 2. The van der Waals surface area contributed by atoms with Crippen LogP contribution in [0.1, 0.15) is 30.9 Å². The van der Waals surface area contributed by atoms with Gasteiger partial charge in [0.15, 0.2) is 5.82 Å². The standard InChI is InChI=1S/C15H15F2N3/c16-11-4-9(5-12(17)6-11)13-14(19-20-15(13)18)10-2-7-1-8(7)3-10/h4-8,10H,1-3H2,(H3,18,19,20). The summed E-state index contributed by atoms with van der Waals surface area (Å²) in [6, 6.07) is 3.48. The Labute approximate surface area is 115 Å². The first kappa shape index (κ1) is 11.9. The number of nitrogen functional groups attached to an aromatic ring is 1. The summed E-state index contributed by atoms with van der Waals surface area (Å²) in [5.74, 6) is 1.14. The maximum Gasteiger partial charge on any atom is 0.153 e. The van der Waals surface area contributed by atoms with Gasteiger partial charge in [-0.1, -0.05) is 0 Å². The van der Waals surface area contributed by atoms with Crippen LogP contribution in [0.2, 0.25) is 0 Å². The maximum absolute atomic E-state index is 13.4. The zero-order valence-corrected chi connectivity index (χ0v) is 10.9. The molecular weight excluding hydrogens is 260 g/mol. The predicted molar refractivity (Wildman–Crippen MR) is 71.9 cm³/mol. The van der Waals surface area contributed by atoms with Crippen molar-refractivity contribution in [3.63, 3.8) is 0 Å². The number of hydrogen-bond acceptors (Lipinski definition) is 2. The van der Waals surface area contributed by atoms with Crippen LogP contribution in [0.3, 0.4) is 0 Å². The molecule has 2 aromatic rings. The number of nitrogens with zero attached hydrogens (tertiary/aromatic N) is 1. The molecular formula is C15H15F2N3. The van der Waals surface area contributed by atoms with E-state index in [4.69, 9.17) is 5.73 Å². The number of anilines is 1. The molecule has 0 bridgehead atoms. The number of aromatic amines is 1. The predicted octanol–water partition coefficient (Wildman–Crippen LogP) is 3.45. The molecule has 5 heteroatoms. The number of H-pyrrole nitrogens is 1. The van der Waals surface area contributed by atoms with Crippen LogP contribution in [0.15, 0.2) is 18.2 Å². The minimum Gasteiger partial charge on any atom is -0.382 e. The minimum absolute atomic E-state index is 0.311. The number of nitrogens with two attached hydrogens (primary N) is 1. The van der Waals surface area contributed by atoms with Gasteiger partial charge in [0.05, 0.1) is 0 Å². The molecule has 4 rings (SSSR count). The highest BCUT2D eigenvalue weighted by Crippen LogP contribution is 2.58. The molecule has 2 fully saturated rings. The lowest BCUT2D eigenvalue weighted by molar-refractivity contribution is 0.583. The largest absolute Gasteiger partial charge is 0.382 e. The van der Waals surface area contributed by atoms with Crippen LogP contribution in [0.4, 0.5) is 14.6 Å². The van der Waals surface area contributed by atoms with E-state index in [0.29, 0.717) is 22.9 Å². The summed E-state index contributed by atoms with van der Waals surface area (Å²) in [5.41, 5.74) is 7.95. The van der Waals surface area contributed by atoms with Gasteiger partial charge in [-0.3, -0.25) is 5.10 Å². The molecule has 2 saturated carbocycles. The molecule has 0 radical (unpaired) electrons. The third-order valence-electron chi connectivity index (χ3n) is 4.63. The van der Waals surface area contributed by atoms with Crippen molar-refractivity contribution in [2.24, 2.45) is 11.8 Å². The second kappa shape index (κ2) is 4.04. The van der Waals surface area contributed by atoms with Gasteiger partial charge >= 0.3 is 0 Å². The molecule has 2 unspecified atom stereocenters. The fraction of sp³-hybridized carbons (Fsp3) is 0.400. The zero-order chi connectivity index (χ0) is 13.9. The first-order chi connectivity index (χ1) is 9.61. The normalized spacial score (nSPS) is 27.6. The van der Waals surface area contributed by atoms with Gasteiger partial charge in [-0.25, -0.2) is 8.78 Å². The average molecular weight is 275 g/mol. The topological polar surface area (TPSA) is 54.7 Å². The molecule has 1 heterocycles. The SMILES string of the molecule is Nc1n[nH]c(C2CC3CC3C2)c1-c1cc(F)cc(F)c1. The van der Waals surface area contributed by atoms with E-state index in [1.54, 1.807) is 0 Å². The van der Waals surface area contributed by atoms with Crippen LogP contribution in [-0.4, -0.2) is 10.2 Å². The molecule has 0 aliphatic heterocycles. The highest BCUT2D eigenvalue weighted by molar-refractivity contribution is 5.76. The van der Waals surface area contributed by atoms with E-state index in [9.17, 15) is 8.78 Å². The summed E-state index contributed by atoms with van der Waals surface area (Å²) in [5, 5.41) is 7.02. The van der Waals surface area contributed by atoms with Gasteiger partial charge in [-0.15, -0.1) is 0 Å². The molecule has 2 atom stereocenters. The van der Waals surface area contributed by atoms with E-state index in [1.807, 2.05) is 0 Å². The van der Waals surface area contributed by atoms with Crippen molar-refractivity contribution in [3.8, 4) is 11.1 Å².